The number of nitrogens with zero attached hydrogens (tertiary/aromatic N) is 1. The molecule has 32 heavy (non-hydrogen) atoms. The maximum absolute atomic E-state index is 13.7. The lowest BCUT2D eigenvalue weighted by molar-refractivity contribution is -0.123. The minimum atomic E-state index is -0.444. The average Bonchev–Trinajstić information content (AvgIpc) is 2.99. The molecule has 0 saturated heterocycles. The number of amides is 1. The molecule has 0 saturated carbocycles. The molecule has 3 aromatic rings. The maximum Gasteiger partial charge on any atom is 0.227 e. The molecule has 0 radical (unpaired) electrons. The number of hydrogen-bond acceptors (Lipinski definition) is 3. The van der Waals surface area contributed by atoms with Crippen molar-refractivity contribution >= 4 is 23.1 Å². The lowest BCUT2D eigenvalue weighted by atomic mass is 9.76. The molecule has 2 aliphatic rings. The molecular formula is C28H26N2O2. The van der Waals surface area contributed by atoms with Gasteiger partial charge >= 0.3 is 0 Å². The van der Waals surface area contributed by atoms with Gasteiger partial charge in [-0.25, -0.2) is 0 Å². The number of rotatable bonds is 3. The molecule has 0 unspecified atom stereocenters. The summed E-state index contributed by atoms with van der Waals surface area (Å²) in [7, 11) is 0. The van der Waals surface area contributed by atoms with Crippen molar-refractivity contribution in [3.8, 4) is 0 Å². The van der Waals surface area contributed by atoms with E-state index >= 15 is 0 Å². The molecule has 0 spiro atoms. The molecule has 1 amide bonds. The average molecular weight is 423 g/mol. The van der Waals surface area contributed by atoms with Crippen LogP contribution in [0.5, 0.6) is 0 Å². The predicted molar refractivity (Wildman–Crippen MR) is 127 cm³/mol. The van der Waals surface area contributed by atoms with Crippen LogP contribution in [0.3, 0.4) is 0 Å². The third-order valence-electron chi connectivity index (χ3n) is 6.46. The molecule has 3 aromatic carbocycles. The van der Waals surface area contributed by atoms with Crippen LogP contribution in [0, 0.1) is 5.92 Å². The van der Waals surface area contributed by atoms with Gasteiger partial charge in [0.25, 0.3) is 0 Å². The molecule has 0 aromatic heterocycles. The molecule has 1 N–H and O–H groups in total. The van der Waals surface area contributed by atoms with Crippen LogP contribution >= 0.6 is 0 Å². The van der Waals surface area contributed by atoms with E-state index in [0.717, 1.165) is 28.2 Å². The number of fused-ring (bicyclic) bond motifs is 2. The summed E-state index contributed by atoms with van der Waals surface area (Å²) in [6.45, 7) is 1.87. The molecule has 1 heterocycles. The molecule has 1 aliphatic carbocycles. The number of nitrogens with one attached hydrogen (secondary N) is 1. The standard InChI is InChI=1S/C28H26N2O2/c1-2-26(32)30-24-16-10-9-15-22(24)29-23-17-21(19-11-5-3-6-12-19)18-25(31)27(23)28(30)20-13-7-4-8-14-20/h3-17,21,27-29H,2,18H2,1H3/t21-,27+,28-/m1/s1. The number of ketones is 1. The van der Waals surface area contributed by atoms with E-state index in [9.17, 15) is 9.59 Å². The summed E-state index contributed by atoms with van der Waals surface area (Å²) in [4.78, 5) is 28.9. The summed E-state index contributed by atoms with van der Waals surface area (Å²) in [5.41, 5.74) is 4.64. The van der Waals surface area contributed by atoms with Gasteiger partial charge in [-0.1, -0.05) is 85.8 Å². The Bertz CT molecular complexity index is 1170. The summed E-state index contributed by atoms with van der Waals surface area (Å²) in [6.07, 6.45) is 2.98. The quantitative estimate of drug-likeness (QED) is 0.576. The van der Waals surface area contributed by atoms with E-state index in [1.165, 1.54) is 0 Å². The summed E-state index contributed by atoms with van der Waals surface area (Å²) in [6, 6.07) is 27.5. The number of anilines is 2. The Kier molecular flexibility index (Phi) is 5.36. The zero-order valence-corrected chi connectivity index (χ0v) is 18.1. The van der Waals surface area contributed by atoms with Crippen LogP contribution < -0.4 is 10.2 Å². The van der Waals surface area contributed by atoms with Crippen molar-refractivity contribution in [1.29, 1.82) is 0 Å². The molecule has 1 aliphatic heterocycles. The highest BCUT2D eigenvalue weighted by molar-refractivity contribution is 6.01. The van der Waals surface area contributed by atoms with Crippen LogP contribution in [0.25, 0.3) is 0 Å². The van der Waals surface area contributed by atoms with Gasteiger partial charge in [-0.05, 0) is 23.3 Å². The number of hydrogen-bond donors (Lipinski definition) is 1. The minimum Gasteiger partial charge on any atom is -0.357 e. The van der Waals surface area contributed by atoms with Crippen molar-refractivity contribution < 1.29 is 9.59 Å². The number of benzene rings is 3. The first-order valence-corrected chi connectivity index (χ1v) is 11.2. The van der Waals surface area contributed by atoms with E-state index in [1.54, 1.807) is 0 Å². The van der Waals surface area contributed by atoms with Gasteiger partial charge in [0.2, 0.25) is 5.91 Å². The second-order valence-corrected chi connectivity index (χ2v) is 8.40. The van der Waals surface area contributed by atoms with Gasteiger partial charge in [0, 0.05) is 24.5 Å². The van der Waals surface area contributed by atoms with Gasteiger partial charge in [0.05, 0.1) is 23.3 Å². The number of allylic oxidation sites excluding steroid dienone is 1. The van der Waals surface area contributed by atoms with E-state index in [1.807, 2.05) is 84.6 Å². The van der Waals surface area contributed by atoms with E-state index in [2.05, 4.69) is 23.5 Å². The summed E-state index contributed by atoms with van der Waals surface area (Å²) < 4.78 is 0. The van der Waals surface area contributed by atoms with E-state index < -0.39 is 12.0 Å². The second kappa shape index (κ2) is 8.46. The molecule has 160 valence electrons. The summed E-state index contributed by atoms with van der Waals surface area (Å²) in [5, 5.41) is 3.55. The van der Waals surface area contributed by atoms with Gasteiger partial charge in [-0.3, -0.25) is 9.59 Å². The van der Waals surface area contributed by atoms with Crippen LogP contribution in [0.4, 0.5) is 11.4 Å². The van der Waals surface area contributed by atoms with Crippen LogP contribution in [0.1, 0.15) is 42.9 Å². The van der Waals surface area contributed by atoms with Gasteiger partial charge in [-0.15, -0.1) is 0 Å². The van der Waals surface area contributed by atoms with E-state index in [-0.39, 0.29) is 17.6 Å². The van der Waals surface area contributed by atoms with Crippen molar-refractivity contribution in [2.75, 3.05) is 10.2 Å². The van der Waals surface area contributed by atoms with Crippen LogP contribution in [-0.4, -0.2) is 11.7 Å². The number of carbonyl (C=O) groups is 2. The van der Waals surface area contributed by atoms with Gasteiger partial charge in [0.1, 0.15) is 5.78 Å². The van der Waals surface area contributed by atoms with Crippen LogP contribution in [0.15, 0.2) is 96.7 Å². The van der Waals surface area contributed by atoms with Crippen molar-refractivity contribution in [1.82, 2.24) is 0 Å². The fraction of sp³-hybridized carbons (Fsp3) is 0.214. The third kappa shape index (κ3) is 3.52. The first-order valence-electron chi connectivity index (χ1n) is 11.2. The monoisotopic (exact) mass is 422 g/mol. The number of para-hydroxylation sites is 2. The highest BCUT2D eigenvalue weighted by Crippen LogP contribution is 2.47. The first kappa shape index (κ1) is 20.3. The highest BCUT2D eigenvalue weighted by Gasteiger charge is 2.44. The predicted octanol–water partition coefficient (Wildman–Crippen LogP) is 5.85. The van der Waals surface area contributed by atoms with Gasteiger partial charge in [-0.2, -0.15) is 0 Å². The van der Waals surface area contributed by atoms with Crippen molar-refractivity contribution in [3.05, 3.63) is 108 Å². The second-order valence-electron chi connectivity index (χ2n) is 8.40. The number of Topliss-reactive ketones (excluding diaryl/α,β-unsaturated/α-hetero) is 1. The maximum atomic E-state index is 13.7. The van der Waals surface area contributed by atoms with E-state index in [0.29, 0.717) is 12.8 Å². The van der Waals surface area contributed by atoms with Gasteiger partial charge in [0.15, 0.2) is 0 Å². The van der Waals surface area contributed by atoms with Gasteiger partial charge < -0.3 is 10.2 Å². The summed E-state index contributed by atoms with van der Waals surface area (Å²) >= 11 is 0. The lowest BCUT2D eigenvalue weighted by Crippen LogP contribution is -2.42. The normalized spacial score (nSPS) is 22.2. The SMILES string of the molecule is CCC(=O)N1c2ccccc2NC2=C[C@@H](c3ccccc3)CC(=O)[C@H]2[C@H]1c1ccccc1. The zero-order valence-electron chi connectivity index (χ0n) is 18.1. The zero-order chi connectivity index (χ0) is 22.1. The highest BCUT2D eigenvalue weighted by atomic mass is 16.2. The Labute approximate surface area is 188 Å². The van der Waals surface area contributed by atoms with Crippen molar-refractivity contribution in [3.63, 3.8) is 0 Å². The topological polar surface area (TPSA) is 49.4 Å². The van der Waals surface area contributed by atoms with Crippen molar-refractivity contribution in [2.45, 2.75) is 31.7 Å². The fourth-order valence-corrected chi connectivity index (χ4v) is 4.97. The third-order valence-corrected chi connectivity index (χ3v) is 6.46. The molecule has 4 heteroatoms. The molecule has 0 fully saturated rings. The Hall–Kier alpha value is -3.66. The largest absolute Gasteiger partial charge is 0.357 e. The Morgan fingerprint density at radius 3 is 2.22 bits per heavy atom. The Morgan fingerprint density at radius 2 is 1.53 bits per heavy atom. The summed E-state index contributed by atoms with van der Waals surface area (Å²) in [5.74, 6) is -0.272. The Balaban J connectivity index is 1.72. The number of carbonyl (C=O) groups excluding carboxylic acids is 2. The minimum absolute atomic E-state index is 0.00679. The fourth-order valence-electron chi connectivity index (χ4n) is 4.97. The van der Waals surface area contributed by atoms with Crippen LogP contribution in [-0.2, 0) is 9.59 Å². The Morgan fingerprint density at radius 1 is 0.906 bits per heavy atom. The lowest BCUT2D eigenvalue weighted by Gasteiger charge is -2.37. The van der Waals surface area contributed by atoms with E-state index in [4.69, 9.17) is 0 Å². The molecule has 5 rings (SSSR count). The molecule has 3 atom stereocenters. The molecular weight excluding hydrogens is 396 g/mol. The molecule has 0 bridgehead atoms. The van der Waals surface area contributed by atoms with Crippen LogP contribution in [0.2, 0.25) is 0 Å². The smallest absolute Gasteiger partial charge is 0.227 e. The van der Waals surface area contributed by atoms with Crippen molar-refractivity contribution in [2.24, 2.45) is 5.92 Å². The first-order chi connectivity index (χ1) is 15.7. The molecule has 4 nitrogen and oxygen atoms in total.